The molecule has 0 spiro atoms. The first-order valence-corrected chi connectivity index (χ1v) is 11.7. The first kappa shape index (κ1) is 18.9. The number of nitrogens with zero attached hydrogens (tertiary/aromatic N) is 2. The van der Waals surface area contributed by atoms with Gasteiger partial charge in [-0.3, -0.25) is 0 Å². The van der Waals surface area contributed by atoms with Gasteiger partial charge in [0.15, 0.2) is 0 Å². The largest absolute Gasteiger partial charge is 0.301 e. The number of rotatable bonds is 5. The van der Waals surface area contributed by atoms with Crippen LogP contribution in [-0.4, -0.2) is 50.3 Å². The van der Waals surface area contributed by atoms with E-state index in [1.54, 1.807) is 4.31 Å². The Bertz CT molecular complexity index is 630. The molecule has 0 bridgehead atoms. The monoisotopic (exact) mass is 410 g/mol. The lowest BCUT2D eigenvalue weighted by Crippen LogP contribution is -2.48. The average molecular weight is 411 g/mol. The lowest BCUT2D eigenvalue weighted by Gasteiger charge is -2.34. The summed E-state index contributed by atoms with van der Waals surface area (Å²) in [6.07, 6.45) is 8.14. The normalized spacial score (nSPS) is 22.1. The molecule has 0 aromatic carbocycles. The Morgan fingerprint density at radius 2 is 1.75 bits per heavy atom. The smallest absolute Gasteiger partial charge is 0.252 e. The van der Waals surface area contributed by atoms with E-state index in [2.05, 4.69) is 4.90 Å². The van der Waals surface area contributed by atoms with Crippen molar-refractivity contribution in [1.82, 2.24) is 9.21 Å². The molecule has 2 heterocycles. The Hall–Kier alpha value is 0.150. The van der Waals surface area contributed by atoms with Crippen molar-refractivity contribution >= 4 is 44.6 Å². The molecule has 136 valence electrons. The summed E-state index contributed by atoms with van der Waals surface area (Å²) in [7, 11) is -3.47. The van der Waals surface area contributed by atoms with Gasteiger partial charge in [-0.25, -0.2) is 8.42 Å². The topological polar surface area (TPSA) is 40.6 Å². The van der Waals surface area contributed by atoms with E-state index in [0.29, 0.717) is 22.4 Å². The Morgan fingerprint density at radius 3 is 2.33 bits per heavy atom. The highest BCUT2D eigenvalue weighted by Gasteiger charge is 2.30. The van der Waals surface area contributed by atoms with E-state index >= 15 is 0 Å². The minimum absolute atomic E-state index is 0.244. The molecular weight excluding hydrogens is 387 g/mol. The molecule has 1 saturated heterocycles. The van der Waals surface area contributed by atoms with Gasteiger partial charge < -0.3 is 4.90 Å². The number of hydrogen-bond acceptors (Lipinski definition) is 4. The van der Waals surface area contributed by atoms with E-state index in [0.717, 1.165) is 36.9 Å². The number of sulfonamides is 1. The summed E-state index contributed by atoms with van der Waals surface area (Å²) in [6.45, 7) is 3.78. The Labute approximate surface area is 158 Å². The third-order valence-electron chi connectivity index (χ3n) is 5.13. The number of thiophene rings is 1. The summed E-state index contributed by atoms with van der Waals surface area (Å²) in [5.74, 6) is 0.871. The highest BCUT2D eigenvalue weighted by Crippen LogP contribution is 2.36. The number of hydrogen-bond donors (Lipinski definition) is 0. The van der Waals surface area contributed by atoms with Crippen molar-refractivity contribution in [2.24, 2.45) is 5.92 Å². The van der Waals surface area contributed by atoms with Crippen molar-refractivity contribution in [3.05, 3.63) is 15.4 Å². The molecule has 4 nitrogen and oxygen atoms in total. The van der Waals surface area contributed by atoms with Crippen LogP contribution in [0.15, 0.2) is 10.3 Å². The Balaban J connectivity index is 1.50. The summed E-state index contributed by atoms with van der Waals surface area (Å²) < 4.78 is 27.5. The van der Waals surface area contributed by atoms with Crippen LogP contribution in [-0.2, 0) is 10.0 Å². The molecule has 8 heteroatoms. The van der Waals surface area contributed by atoms with Crippen LogP contribution in [0.3, 0.4) is 0 Å². The van der Waals surface area contributed by atoms with Crippen molar-refractivity contribution in [3.8, 4) is 0 Å². The molecule has 1 aromatic heterocycles. The number of halogens is 2. The molecule has 3 rings (SSSR count). The second-order valence-corrected chi connectivity index (χ2v) is 11.0. The summed E-state index contributed by atoms with van der Waals surface area (Å²) >= 11 is 12.8. The van der Waals surface area contributed by atoms with Crippen molar-refractivity contribution in [2.75, 3.05) is 32.7 Å². The van der Waals surface area contributed by atoms with Gasteiger partial charge in [0.25, 0.3) is 10.0 Å². The minimum Gasteiger partial charge on any atom is -0.301 e. The molecule has 2 fully saturated rings. The predicted octanol–water partition coefficient (Wildman–Crippen LogP) is 4.33. The summed E-state index contributed by atoms with van der Waals surface area (Å²) in [5, 5.41) is 0.311. The van der Waals surface area contributed by atoms with Crippen LogP contribution in [0.25, 0.3) is 0 Å². The maximum atomic E-state index is 12.7. The van der Waals surface area contributed by atoms with Gasteiger partial charge in [0.2, 0.25) is 0 Å². The maximum Gasteiger partial charge on any atom is 0.252 e. The molecule has 1 aliphatic carbocycles. The molecule has 1 aromatic rings. The Kier molecular flexibility index (Phi) is 6.49. The molecule has 0 amide bonds. The molecule has 2 aliphatic rings. The van der Waals surface area contributed by atoms with Gasteiger partial charge in [0.1, 0.15) is 8.55 Å². The van der Waals surface area contributed by atoms with Gasteiger partial charge in [-0.15, -0.1) is 11.3 Å². The second-order valence-electron chi connectivity index (χ2n) is 6.73. The van der Waals surface area contributed by atoms with Crippen molar-refractivity contribution in [1.29, 1.82) is 0 Å². The van der Waals surface area contributed by atoms with Crippen molar-refractivity contribution < 1.29 is 8.42 Å². The highest BCUT2D eigenvalue weighted by atomic mass is 35.5. The zero-order valence-corrected chi connectivity index (χ0v) is 16.9. The fraction of sp³-hybridized carbons (Fsp3) is 0.750. The maximum absolute atomic E-state index is 12.7. The van der Waals surface area contributed by atoms with Gasteiger partial charge in [-0.1, -0.05) is 55.3 Å². The predicted molar refractivity (Wildman–Crippen MR) is 101 cm³/mol. The van der Waals surface area contributed by atoms with Crippen LogP contribution >= 0.6 is 34.5 Å². The van der Waals surface area contributed by atoms with Gasteiger partial charge in [0, 0.05) is 26.2 Å². The van der Waals surface area contributed by atoms with Gasteiger partial charge in [0.05, 0.1) is 5.02 Å². The van der Waals surface area contributed by atoms with Crippen LogP contribution in [0.5, 0.6) is 0 Å². The molecule has 1 saturated carbocycles. The third kappa shape index (κ3) is 4.46. The number of piperazine rings is 1. The SMILES string of the molecule is O=S(=O)(c1cc(Cl)c(Cl)s1)N1CCN(CCC2CCCCC2)CC1. The molecule has 0 atom stereocenters. The van der Waals surface area contributed by atoms with Gasteiger partial charge in [-0.2, -0.15) is 4.31 Å². The van der Waals surface area contributed by atoms with E-state index in [9.17, 15) is 8.42 Å². The summed E-state index contributed by atoms with van der Waals surface area (Å²) in [6, 6.07) is 1.46. The van der Waals surface area contributed by atoms with Crippen LogP contribution in [0.4, 0.5) is 0 Å². The quantitative estimate of drug-likeness (QED) is 0.724. The lowest BCUT2D eigenvalue weighted by molar-refractivity contribution is 0.171. The van der Waals surface area contributed by atoms with E-state index in [-0.39, 0.29) is 4.21 Å². The van der Waals surface area contributed by atoms with Crippen LogP contribution in [0.1, 0.15) is 38.5 Å². The third-order valence-corrected chi connectivity index (χ3v) is 9.34. The fourth-order valence-corrected chi connectivity index (χ4v) is 7.07. The van der Waals surface area contributed by atoms with E-state index in [1.165, 1.54) is 44.6 Å². The Morgan fingerprint density at radius 1 is 1.08 bits per heavy atom. The minimum atomic E-state index is -3.47. The standard InChI is InChI=1S/C16H24Cl2N2O2S2/c17-14-12-15(23-16(14)18)24(21,22)20-10-8-19(9-11-20)7-6-13-4-2-1-3-5-13/h12-13H,1-11H2. The molecule has 0 radical (unpaired) electrons. The molecule has 24 heavy (non-hydrogen) atoms. The van der Waals surface area contributed by atoms with Crippen LogP contribution < -0.4 is 0 Å². The highest BCUT2D eigenvalue weighted by molar-refractivity contribution is 7.91. The van der Waals surface area contributed by atoms with Crippen molar-refractivity contribution in [2.45, 2.75) is 42.7 Å². The van der Waals surface area contributed by atoms with E-state index in [4.69, 9.17) is 23.2 Å². The van der Waals surface area contributed by atoms with Crippen LogP contribution in [0.2, 0.25) is 9.36 Å². The summed E-state index contributed by atoms with van der Waals surface area (Å²) in [5.41, 5.74) is 0. The van der Waals surface area contributed by atoms with Crippen LogP contribution in [0, 0.1) is 5.92 Å². The van der Waals surface area contributed by atoms with E-state index in [1.807, 2.05) is 0 Å². The van der Waals surface area contributed by atoms with E-state index < -0.39 is 10.0 Å². The first-order chi connectivity index (χ1) is 11.5. The zero-order chi connectivity index (χ0) is 17.2. The first-order valence-electron chi connectivity index (χ1n) is 8.64. The molecule has 1 aliphatic heterocycles. The summed E-state index contributed by atoms with van der Waals surface area (Å²) in [4.78, 5) is 2.40. The second kappa shape index (κ2) is 8.23. The van der Waals surface area contributed by atoms with Gasteiger partial charge in [-0.05, 0) is 24.9 Å². The average Bonchev–Trinajstić information content (AvgIpc) is 2.94. The molecule has 0 N–H and O–H groups in total. The molecule has 0 unspecified atom stereocenters. The lowest BCUT2D eigenvalue weighted by atomic mass is 9.87. The fourth-order valence-electron chi connectivity index (χ4n) is 3.62. The molecular formula is C16H24Cl2N2O2S2. The zero-order valence-electron chi connectivity index (χ0n) is 13.7. The van der Waals surface area contributed by atoms with Gasteiger partial charge >= 0.3 is 0 Å². The van der Waals surface area contributed by atoms with Crippen molar-refractivity contribution in [3.63, 3.8) is 0 Å².